The fraction of sp³-hybridized carbons (Fsp3) is 0.125. The zero-order valence-electron chi connectivity index (χ0n) is 11.5. The average molecular weight is 319 g/mol. The van der Waals surface area contributed by atoms with Crippen LogP contribution in [0.25, 0.3) is 11.0 Å². The van der Waals surface area contributed by atoms with Gasteiger partial charge in [-0.2, -0.15) is 0 Å². The Morgan fingerprint density at radius 3 is 2.71 bits per heavy atom. The van der Waals surface area contributed by atoms with Crippen LogP contribution in [0.3, 0.4) is 0 Å². The Morgan fingerprint density at radius 1 is 1.19 bits per heavy atom. The van der Waals surface area contributed by atoms with Crippen LogP contribution in [-0.4, -0.2) is 6.26 Å². The highest BCUT2D eigenvalue weighted by atomic mass is 35.5. The molecule has 0 aliphatic carbocycles. The molecule has 3 nitrogen and oxygen atoms in total. The number of nitrogens with two attached hydrogens (primary N) is 1. The normalized spacial score (nSPS) is 12.7. The number of halogens is 1. The lowest BCUT2D eigenvalue weighted by atomic mass is 10.0. The van der Waals surface area contributed by atoms with E-state index in [9.17, 15) is 0 Å². The zero-order chi connectivity index (χ0) is 14.8. The van der Waals surface area contributed by atoms with Gasteiger partial charge >= 0.3 is 0 Å². The van der Waals surface area contributed by atoms with Crippen molar-refractivity contribution in [3.63, 3.8) is 0 Å². The summed E-state index contributed by atoms with van der Waals surface area (Å²) < 4.78 is 5.92. The van der Waals surface area contributed by atoms with Gasteiger partial charge in [0.15, 0.2) is 5.58 Å². The van der Waals surface area contributed by atoms with E-state index in [2.05, 4.69) is 11.5 Å². The molecule has 0 fully saturated rings. The highest BCUT2D eigenvalue weighted by Crippen LogP contribution is 2.34. The smallest absolute Gasteiger partial charge is 0.152 e. The first kappa shape index (κ1) is 14.5. The van der Waals surface area contributed by atoms with Gasteiger partial charge in [0.2, 0.25) is 0 Å². The van der Waals surface area contributed by atoms with Gasteiger partial charge in [-0.1, -0.05) is 41.9 Å². The molecule has 3 N–H and O–H groups in total. The number of benzene rings is 2. The van der Waals surface area contributed by atoms with Crippen LogP contribution in [-0.2, 0) is 0 Å². The van der Waals surface area contributed by atoms with Gasteiger partial charge in [-0.05, 0) is 30.0 Å². The van der Waals surface area contributed by atoms with Crippen LogP contribution in [0, 0.1) is 0 Å². The Kier molecular flexibility index (Phi) is 4.22. The van der Waals surface area contributed by atoms with E-state index in [-0.39, 0.29) is 6.04 Å². The van der Waals surface area contributed by atoms with Crippen molar-refractivity contribution in [2.75, 3.05) is 6.26 Å². The maximum atomic E-state index is 6.17. The summed E-state index contributed by atoms with van der Waals surface area (Å²) >= 11 is 7.85. The monoisotopic (exact) mass is 318 g/mol. The number of hydrazine groups is 1. The summed E-state index contributed by atoms with van der Waals surface area (Å²) in [6, 6.07) is 15.6. The predicted octanol–water partition coefficient (Wildman–Crippen LogP) is 4.36. The van der Waals surface area contributed by atoms with E-state index in [1.165, 1.54) is 0 Å². The van der Waals surface area contributed by atoms with Crippen molar-refractivity contribution in [1.29, 1.82) is 0 Å². The first-order valence-corrected chi connectivity index (χ1v) is 8.12. The number of para-hydroxylation sites is 1. The molecule has 1 aromatic heterocycles. The number of fused-ring (bicyclic) bond motifs is 1. The van der Waals surface area contributed by atoms with Crippen LogP contribution in [0.4, 0.5) is 0 Å². The van der Waals surface area contributed by atoms with E-state index in [4.69, 9.17) is 21.9 Å². The van der Waals surface area contributed by atoms with Crippen LogP contribution in [0.5, 0.6) is 0 Å². The Morgan fingerprint density at radius 2 is 2.00 bits per heavy atom. The van der Waals surface area contributed by atoms with Crippen molar-refractivity contribution in [3.8, 4) is 0 Å². The molecule has 2 aromatic carbocycles. The molecule has 1 unspecified atom stereocenters. The Labute approximate surface area is 132 Å². The third-order valence-corrected chi connectivity index (χ3v) is 4.53. The quantitative estimate of drug-likeness (QED) is 0.426. The molecule has 0 saturated carbocycles. The van der Waals surface area contributed by atoms with Gasteiger partial charge in [0.1, 0.15) is 11.8 Å². The molecule has 3 rings (SSSR count). The molecule has 108 valence electrons. The Balaban J connectivity index is 2.12. The van der Waals surface area contributed by atoms with Crippen molar-refractivity contribution in [2.24, 2.45) is 5.84 Å². The van der Waals surface area contributed by atoms with Gasteiger partial charge in [-0.15, -0.1) is 11.8 Å². The molecular formula is C16H15ClN2OS. The molecule has 0 aliphatic heterocycles. The summed E-state index contributed by atoms with van der Waals surface area (Å²) in [5.41, 5.74) is 4.62. The second-order valence-corrected chi connectivity index (χ2v) is 5.90. The fourth-order valence-electron chi connectivity index (χ4n) is 2.42. The number of rotatable bonds is 4. The first-order valence-electron chi connectivity index (χ1n) is 6.51. The van der Waals surface area contributed by atoms with Crippen molar-refractivity contribution in [3.05, 3.63) is 64.9 Å². The number of hydrogen-bond acceptors (Lipinski definition) is 4. The summed E-state index contributed by atoms with van der Waals surface area (Å²) in [5, 5.41) is 1.58. The zero-order valence-corrected chi connectivity index (χ0v) is 13.0. The van der Waals surface area contributed by atoms with Gasteiger partial charge in [-0.3, -0.25) is 5.84 Å². The molecule has 1 heterocycles. The number of thioether (sulfide) groups is 1. The van der Waals surface area contributed by atoms with Gasteiger partial charge in [-0.25, -0.2) is 5.43 Å². The van der Waals surface area contributed by atoms with Crippen molar-refractivity contribution >= 4 is 34.3 Å². The maximum absolute atomic E-state index is 6.17. The number of nitrogens with one attached hydrogen (secondary N) is 1. The third kappa shape index (κ3) is 2.68. The summed E-state index contributed by atoms with van der Waals surface area (Å²) in [6.45, 7) is 0. The largest absolute Gasteiger partial charge is 0.457 e. The lowest BCUT2D eigenvalue weighted by molar-refractivity contribution is 0.474. The SMILES string of the molecule is CSc1ccccc1C(NN)c1cc2cccc(Cl)c2o1. The summed E-state index contributed by atoms with van der Waals surface area (Å²) in [4.78, 5) is 1.16. The van der Waals surface area contributed by atoms with E-state index in [0.717, 1.165) is 21.6 Å². The average Bonchev–Trinajstić information content (AvgIpc) is 2.94. The summed E-state index contributed by atoms with van der Waals surface area (Å²) in [5.74, 6) is 6.52. The van der Waals surface area contributed by atoms with E-state index in [1.54, 1.807) is 11.8 Å². The summed E-state index contributed by atoms with van der Waals surface area (Å²) in [6.07, 6.45) is 2.04. The second kappa shape index (κ2) is 6.12. The van der Waals surface area contributed by atoms with E-state index >= 15 is 0 Å². The predicted molar refractivity (Wildman–Crippen MR) is 88.6 cm³/mol. The second-order valence-electron chi connectivity index (χ2n) is 4.65. The van der Waals surface area contributed by atoms with Crippen molar-refractivity contribution in [1.82, 2.24) is 5.43 Å². The molecule has 0 aliphatic rings. The van der Waals surface area contributed by atoms with Crippen molar-refractivity contribution in [2.45, 2.75) is 10.9 Å². The van der Waals surface area contributed by atoms with Crippen molar-refractivity contribution < 1.29 is 4.42 Å². The van der Waals surface area contributed by atoms with Crippen LogP contribution in [0.1, 0.15) is 17.4 Å². The van der Waals surface area contributed by atoms with E-state index < -0.39 is 0 Å². The molecule has 0 amide bonds. The molecule has 5 heteroatoms. The minimum absolute atomic E-state index is 0.211. The molecule has 0 radical (unpaired) electrons. The topological polar surface area (TPSA) is 51.2 Å². The minimum atomic E-state index is -0.211. The molecule has 21 heavy (non-hydrogen) atoms. The van der Waals surface area contributed by atoms with Gasteiger partial charge < -0.3 is 4.42 Å². The Hall–Kier alpha value is -1.46. The molecule has 3 aromatic rings. The van der Waals surface area contributed by atoms with Crippen LogP contribution >= 0.6 is 23.4 Å². The molecule has 0 bridgehead atoms. The first-order chi connectivity index (χ1) is 10.2. The van der Waals surface area contributed by atoms with E-state index in [0.29, 0.717) is 10.6 Å². The summed E-state index contributed by atoms with van der Waals surface area (Å²) in [7, 11) is 0. The maximum Gasteiger partial charge on any atom is 0.152 e. The standard InChI is InChI=1S/C16H15ClN2OS/c1-21-14-8-3-2-6-11(14)15(19-18)13-9-10-5-4-7-12(17)16(10)20-13/h2-9,15,19H,18H2,1H3. The molecule has 0 saturated heterocycles. The van der Waals surface area contributed by atoms with Gasteiger partial charge in [0.05, 0.1) is 5.02 Å². The van der Waals surface area contributed by atoms with Crippen LogP contribution in [0.2, 0.25) is 5.02 Å². The van der Waals surface area contributed by atoms with Gasteiger partial charge in [0.25, 0.3) is 0 Å². The molecule has 1 atom stereocenters. The van der Waals surface area contributed by atoms with Crippen LogP contribution in [0.15, 0.2) is 57.8 Å². The number of hydrogen-bond donors (Lipinski definition) is 2. The number of furan rings is 1. The van der Waals surface area contributed by atoms with E-state index in [1.807, 2.05) is 48.7 Å². The fourth-order valence-corrected chi connectivity index (χ4v) is 3.28. The minimum Gasteiger partial charge on any atom is -0.457 e. The Bertz CT molecular complexity index is 772. The highest BCUT2D eigenvalue weighted by Gasteiger charge is 2.20. The molecule has 0 spiro atoms. The lowest BCUT2D eigenvalue weighted by Gasteiger charge is -2.16. The highest BCUT2D eigenvalue weighted by molar-refractivity contribution is 7.98. The molecular weight excluding hydrogens is 304 g/mol. The van der Waals surface area contributed by atoms with Crippen LogP contribution < -0.4 is 11.3 Å². The third-order valence-electron chi connectivity index (χ3n) is 3.42. The lowest BCUT2D eigenvalue weighted by Crippen LogP contribution is -2.28. The van der Waals surface area contributed by atoms with Gasteiger partial charge in [0, 0.05) is 10.3 Å².